The van der Waals surface area contributed by atoms with Gasteiger partial charge in [0.2, 0.25) is 0 Å². The molecular formula is C14H19BrNO3S+. The van der Waals surface area contributed by atoms with Crippen LogP contribution in [0.2, 0.25) is 0 Å². The molecule has 2 rings (SSSR count). The second-order valence-electron chi connectivity index (χ2n) is 5.53. The Morgan fingerprint density at radius 2 is 2.25 bits per heavy atom. The molecular weight excluding hydrogens is 342 g/mol. The zero-order valence-electron chi connectivity index (χ0n) is 11.9. The van der Waals surface area contributed by atoms with Crippen LogP contribution in [-0.4, -0.2) is 34.9 Å². The van der Waals surface area contributed by atoms with Gasteiger partial charge in [0.1, 0.15) is 5.60 Å². The Balaban J connectivity index is 2.47. The van der Waals surface area contributed by atoms with Crippen LogP contribution >= 0.6 is 27.9 Å². The smallest absolute Gasteiger partial charge is 0.481 e. The molecule has 20 heavy (non-hydrogen) atoms. The van der Waals surface area contributed by atoms with Crippen LogP contribution < -0.4 is 8.63 Å². The second-order valence-corrected chi connectivity index (χ2v) is 7.72. The first-order valence-corrected chi connectivity index (χ1v) is 8.48. The number of benzene rings is 1. The summed E-state index contributed by atoms with van der Waals surface area (Å²) in [5.74, 6) is 1.43. The lowest BCUT2D eigenvalue weighted by Crippen LogP contribution is -2.43. The lowest BCUT2D eigenvalue weighted by Gasteiger charge is -2.27. The number of quaternary nitrogens is 1. The molecule has 1 unspecified atom stereocenters. The van der Waals surface area contributed by atoms with Crippen molar-refractivity contribution in [2.75, 3.05) is 18.1 Å². The molecule has 110 valence electrons. The van der Waals surface area contributed by atoms with Crippen molar-refractivity contribution in [1.29, 1.82) is 0 Å². The number of amides is 1. The summed E-state index contributed by atoms with van der Waals surface area (Å²) in [4.78, 5) is 11.8. The van der Waals surface area contributed by atoms with E-state index < -0.39 is 6.09 Å². The van der Waals surface area contributed by atoms with E-state index in [1.54, 1.807) is 7.05 Å². The Hall–Kier alpha value is -0.720. The number of para-hydroxylation sites is 1. The number of ether oxygens (including phenoxy) is 1. The van der Waals surface area contributed by atoms with E-state index in [2.05, 4.69) is 15.9 Å². The van der Waals surface area contributed by atoms with Crippen LogP contribution in [-0.2, 0) is 6.42 Å². The fourth-order valence-corrected chi connectivity index (χ4v) is 3.64. The Kier molecular flexibility index (Phi) is 4.37. The molecule has 1 aliphatic rings. The molecule has 0 radical (unpaired) electrons. The Bertz CT molecular complexity index is 535. The van der Waals surface area contributed by atoms with Gasteiger partial charge in [-0.3, -0.25) is 0 Å². The highest BCUT2D eigenvalue weighted by molar-refractivity contribution is 9.09. The third kappa shape index (κ3) is 2.82. The molecule has 1 aromatic carbocycles. The van der Waals surface area contributed by atoms with E-state index >= 15 is 0 Å². The van der Waals surface area contributed by atoms with E-state index in [1.165, 1.54) is 11.9 Å². The fraction of sp³-hybridized carbons (Fsp3) is 0.500. The standard InChI is InChI=1S/C14H18BrNO3S/c1-14(2)9-10-5-4-6-11(12(10)19-14)16(3,13(17)18)20-8-7-15/h4-6H,7-9H2,1-3H3/p+1. The molecule has 1 atom stereocenters. The van der Waals surface area contributed by atoms with E-state index in [4.69, 9.17) is 4.74 Å². The maximum atomic E-state index is 11.8. The van der Waals surface area contributed by atoms with Gasteiger partial charge < -0.3 is 9.84 Å². The summed E-state index contributed by atoms with van der Waals surface area (Å²) in [6.07, 6.45) is -0.0866. The number of carboxylic acid groups (broad SMARTS) is 1. The van der Waals surface area contributed by atoms with Crippen LogP contribution in [0, 0.1) is 0 Å². The first-order chi connectivity index (χ1) is 9.30. The molecule has 1 heterocycles. The lowest BCUT2D eigenvalue weighted by molar-refractivity contribution is 0.136. The predicted octanol–water partition coefficient (Wildman–Crippen LogP) is 4.06. The molecule has 4 nitrogen and oxygen atoms in total. The molecule has 0 bridgehead atoms. The summed E-state index contributed by atoms with van der Waals surface area (Å²) < 4.78 is 5.77. The fourth-order valence-electron chi connectivity index (χ4n) is 2.38. The number of alkyl halides is 1. The summed E-state index contributed by atoms with van der Waals surface area (Å²) >= 11 is 4.71. The molecule has 1 N–H and O–H groups in total. The van der Waals surface area contributed by atoms with Crippen molar-refractivity contribution < 1.29 is 14.6 Å². The number of fused-ring (bicyclic) bond motifs is 1. The van der Waals surface area contributed by atoms with Crippen molar-refractivity contribution in [3.8, 4) is 5.75 Å². The highest BCUT2D eigenvalue weighted by Crippen LogP contribution is 2.46. The van der Waals surface area contributed by atoms with Crippen molar-refractivity contribution in [2.24, 2.45) is 0 Å². The highest BCUT2D eigenvalue weighted by Gasteiger charge is 2.43. The van der Waals surface area contributed by atoms with Crippen molar-refractivity contribution >= 4 is 39.7 Å². The first kappa shape index (κ1) is 15.7. The summed E-state index contributed by atoms with van der Waals surface area (Å²) in [6.45, 7) is 4.04. The average molecular weight is 361 g/mol. The highest BCUT2D eigenvalue weighted by atomic mass is 79.9. The first-order valence-electron chi connectivity index (χ1n) is 6.42. The number of hydrogen-bond acceptors (Lipinski definition) is 3. The van der Waals surface area contributed by atoms with Crippen LogP contribution in [0.25, 0.3) is 0 Å². The van der Waals surface area contributed by atoms with Crippen molar-refractivity contribution in [1.82, 2.24) is 3.89 Å². The Labute approximate surface area is 132 Å². The Morgan fingerprint density at radius 3 is 2.85 bits per heavy atom. The summed E-state index contributed by atoms with van der Waals surface area (Å²) in [5.41, 5.74) is 1.51. The zero-order valence-corrected chi connectivity index (χ0v) is 14.3. The summed E-state index contributed by atoms with van der Waals surface area (Å²) in [7, 11) is 1.69. The van der Waals surface area contributed by atoms with Crippen LogP contribution in [0.5, 0.6) is 5.75 Å². The van der Waals surface area contributed by atoms with E-state index in [9.17, 15) is 9.90 Å². The van der Waals surface area contributed by atoms with Crippen LogP contribution in [0.3, 0.4) is 0 Å². The maximum absolute atomic E-state index is 11.8. The summed E-state index contributed by atoms with van der Waals surface area (Å²) in [6, 6.07) is 5.76. The van der Waals surface area contributed by atoms with Gasteiger partial charge in [-0.1, -0.05) is 28.1 Å². The van der Waals surface area contributed by atoms with Crippen molar-refractivity contribution in [2.45, 2.75) is 25.9 Å². The molecule has 1 aromatic rings. The molecule has 0 aliphatic carbocycles. The zero-order chi connectivity index (χ0) is 15.0. The topological polar surface area (TPSA) is 46.5 Å². The van der Waals surface area contributed by atoms with Crippen molar-refractivity contribution in [3.05, 3.63) is 23.8 Å². The maximum Gasteiger partial charge on any atom is 0.530 e. The number of carbonyl (C=O) groups is 1. The van der Waals surface area contributed by atoms with Gasteiger partial charge in [0.15, 0.2) is 11.4 Å². The molecule has 0 aromatic heterocycles. The minimum Gasteiger partial charge on any atom is -0.481 e. The van der Waals surface area contributed by atoms with E-state index in [0.717, 1.165) is 23.1 Å². The van der Waals surface area contributed by atoms with Gasteiger partial charge in [-0.05, 0) is 13.8 Å². The Morgan fingerprint density at radius 1 is 1.55 bits per heavy atom. The molecule has 1 aliphatic heterocycles. The molecule has 0 saturated carbocycles. The normalized spacial score (nSPS) is 19.0. The predicted molar refractivity (Wildman–Crippen MR) is 86.8 cm³/mol. The van der Waals surface area contributed by atoms with Gasteiger partial charge in [0, 0.05) is 23.4 Å². The van der Waals surface area contributed by atoms with E-state index in [0.29, 0.717) is 11.4 Å². The average Bonchev–Trinajstić information content (AvgIpc) is 2.69. The molecule has 6 heteroatoms. The number of rotatable bonds is 4. The van der Waals surface area contributed by atoms with Gasteiger partial charge in [-0.25, -0.2) is 0 Å². The van der Waals surface area contributed by atoms with Crippen LogP contribution in [0.15, 0.2) is 18.2 Å². The monoisotopic (exact) mass is 360 g/mol. The van der Waals surface area contributed by atoms with Crippen LogP contribution in [0.4, 0.5) is 10.5 Å². The molecule has 1 amide bonds. The van der Waals surface area contributed by atoms with Crippen molar-refractivity contribution in [3.63, 3.8) is 0 Å². The molecule has 0 fully saturated rings. The SMILES string of the molecule is CC1(C)Cc2cccc([N+](C)(SCCBr)C(=O)O)c2O1. The quantitative estimate of drug-likeness (QED) is 0.499. The third-order valence-electron chi connectivity index (χ3n) is 3.32. The minimum absolute atomic E-state index is 0.231. The van der Waals surface area contributed by atoms with E-state index in [1.807, 2.05) is 32.0 Å². The van der Waals surface area contributed by atoms with Gasteiger partial charge in [-0.15, -0.1) is 3.89 Å². The van der Waals surface area contributed by atoms with Gasteiger partial charge >= 0.3 is 6.09 Å². The molecule has 0 spiro atoms. The number of halogens is 1. The van der Waals surface area contributed by atoms with Gasteiger partial charge in [0.05, 0.1) is 24.7 Å². The third-order valence-corrected chi connectivity index (χ3v) is 5.50. The second kappa shape index (κ2) is 5.58. The number of hydrogen-bond donors (Lipinski definition) is 1. The largest absolute Gasteiger partial charge is 0.530 e. The number of nitrogens with zero attached hydrogens (tertiary/aromatic N) is 1. The van der Waals surface area contributed by atoms with Gasteiger partial charge in [0.25, 0.3) is 0 Å². The van der Waals surface area contributed by atoms with E-state index in [-0.39, 0.29) is 9.49 Å². The molecule has 0 saturated heterocycles. The minimum atomic E-state index is -0.891. The lowest BCUT2D eigenvalue weighted by atomic mass is 10.0. The van der Waals surface area contributed by atoms with Gasteiger partial charge in [-0.2, -0.15) is 4.79 Å². The summed E-state index contributed by atoms with van der Waals surface area (Å²) in [5, 5.41) is 10.4. The van der Waals surface area contributed by atoms with Crippen LogP contribution in [0.1, 0.15) is 19.4 Å².